The fraction of sp³-hybridized carbons (Fsp3) is 0.233. The second-order valence-corrected chi connectivity index (χ2v) is 13.4. The summed E-state index contributed by atoms with van der Waals surface area (Å²) in [5, 5.41) is 33.3. The Morgan fingerprint density at radius 1 is 0.849 bits per heavy atom. The highest BCUT2D eigenvalue weighted by molar-refractivity contribution is 5.93. The number of aliphatic hydroxyl groups is 2. The molecule has 4 unspecified atom stereocenters. The summed E-state index contributed by atoms with van der Waals surface area (Å²) in [6, 6.07) is 38.0. The maximum absolute atomic E-state index is 12.9. The van der Waals surface area contributed by atoms with E-state index >= 15 is 0 Å². The number of phenolic OH excluding ortho intramolecular Hbond substituents is 1. The van der Waals surface area contributed by atoms with Crippen LogP contribution in [0.15, 0.2) is 128 Å². The number of phenols is 1. The van der Waals surface area contributed by atoms with Crippen molar-refractivity contribution in [1.29, 1.82) is 0 Å². The van der Waals surface area contributed by atoms with Crippen LogP contribution in [0.25, 0.3) is 22.2 Å². The Balaban J connectivity index is 1.03. The van der Waals surface area contributed by atoms with Crippen LogP contribution in [0.1, 0.15) is 63.2 Å². The summed E-state index contributed by atoms with van der Waals surface area (Å²) in [5.74, 6) is -0.170. The Morgan fingerprint density at radius 3 is 2.38 bits per heavy atom. The number of benzene rings is 5. The van der Waals surface area contributed by atoms with Crippen LogP contribution in [0.3, 0.4) is 0 Å². The number of aromatic hydroxyl groups is 1. The van der Waals surface area contributed by atoms with Gasteiger partial charge in [-0.1, -0.05) is 91.0 Å². The average molecular weight is 711 g/mol. The van der Waals surface area contributed by atoms with E-state index in [2.05, 4.69) is 21.4 Å². The molecule has 2 heterocycles. The van der Waals surface area contributed by atoms with Crippen LogP contribution in [0.5, 0.6) is 5.75 Å². The topological polar surface area (TPSA) is 137 Å². The van der Waals surface area contributed by atoms with Gasteiger partial charge in [0.1, 0.15) is 11.4 Å². The molecule has 0 spiro atoms. The van der Waals surface area contributed by atoms with Gasteiger partial charge < -0.3 is 35.0 Å². The molecule has 0 saturated carbocycles. The molecule has 5 aromatic carbocycles. The molecule has 1 amide bonds. The molecule has 53 heavy (non-hydrogen) atoms. The predicted molar refractivity (Wildman–Crippen MR) is 202 cm³/mol. The highest BCUT2D eigenvalue weighted by Crippen LogP contribution is 2.39. The summed E-state index contributed by atoms with van der Waals surface area (Å²) in [5.41, 5.74) is 7.99. The highest BCUT2D eigenvalue weighted by Gasteiger charge is 2.33. The van der Waals surface area contributed by atoms with Crippen LogP contribution in [0.2, 0.25) is 0 Å². The number of nitrogens with one attached hydrogen (secondary N) is 1. The molecule has 7 rings (SSSR count). The predicted octanol–water partition coefficient (Wildman–Crippen LogP) is 6.64. The Kier molecular flexibility index (Phi) is 11.1. The van der Waals surface area contributed by atoms with Gasteiger partial charge in [-0.25, -0.2) is 4.98 Å². The molecule has 270 valence electrons. The molecular weight excluding hydrogens is 668 g/mol. The number of aliphatic hydroxyl groups excluding tert-OH is 2. The van der Waals surface area contributed by atoms with Crippen molar-refractivity contribution in [1.82, 2.24) is 20.2 Å². The number of para-hydroxylation sites is 2. The molecule has 0 radical (unpaired) electrons. The fourth-order valence-electron chi connectivity index (χ4n) is 6.62. The first-order chi connectivity index (χ1) is 25.8. The summed E-state index contributed by atoms with van der Waals surface area (Å²) in [6.45, 7) is 1.22. The molecule has 1 aliphatic rings. The van der Waals surface area contributed by atoms with Gasteiger partial charge in [0.2, 0.25) is 0 Å². The average Bonchev–Trinajstić information content (AvgIpc) is 3.19. The molecule has 1 aromatic heterocycles. The number of hydrogen-bond acceptors (Lipinski definition) is 9. The summed E-state index contributed by atoms with van der Waals surface area (Å²) >= 11 is 0. The number of carbonyl (C=O) groups excluding carboxylic acids is 1. The molecule has 0 aliphatic carbocycles. The molecule has 10 heteroatoms. The number of carbonyl (C=O) groups is 1. The van der Waals surface area contributed by atoms with Crippen LogP contribution >= 0.6 is 0 Å². The largest absolute Gasteiger partial charge is 0.508 e. The lowest BCUT2D eigenvalue weighted by Crippen LogP contribution is -2.39. The summed E-state index contributed by atoms with van der Waals surface area (Å²) in [7, 11) is 1.94. The van der Waals surface area contributed by atoms with Crippen LogP contribution in [0, 0.1) is 0 Å². The Labute approximate surface area is 308 Å². The van der Waals surface area contributed by atoms with E-state index in [4.69, 9.17) is 9.47 Å². The van der Waals surface area contributed by atoms with Gasteiger partial charge in [0.25, 0.3) is 5.91 Å². The number of aromatic nitrogens is 2. The van der Waals surface area contributed by atoms with Crippen molar-refractivity contribution in [3.8, 4) is 16.9 Å². The summed E-state index contributed by atoms with van der Waals surface area (Å²) in [6.07, 6.45) is 0.248. The van der Waals surface area contributed by atoms with Crippen LogP contribution < -0.4 is 5.32 Å². The summed E-state index contributed by atoms with van der Waals surface area (Å²) in [4.78, 5) is 23.7. The van der Waals surface area contributed by atoms with Gasteiger partial charge in [-0.3, -0.25) is 9.78 Å². The Morgan fingerprint density at radius 2 is 1.60 bits per heavy atom. The van der Waals surface area contributed by atoms with Crippen molar-refractivity contribution >= 4 is 16.9 Å². The quantitative estimate of drug-likeness (QED) is 0.110. The van der Waals surface area contributed by atoms with Gasteiger partial charge >= 0.3 is 0 Å². The van der Waals surface area contributed by atoms with Crippen LogP contribution in [0.4, 0.5) is 0 Å². The number of fused-ring (bicyclic) bond motifs is 1. The van der Waals surface area contributed by atoms with E-state index < -0.39 is 12.4 Å². The van der Waals surface area contributed by atoms with Crippen molar-refractivity contribution < 1.29 is 29.6 Å². The molecule has 4 N–H and O–H groups in total. The van der Waals surface area contributed by atoms with Gasteiger partial charge in [0.15, 0.2) is 6.29 Å². The van der Waals surface area contributed by atoms with Gasteiger partial charge in [0, 0.05) is 31.6 Å². The van der Waals surface area contributed by atoms with Crippen molar-refractivity contribution in [2.75, 3.05) is 20.1 Å². The second kappa shape index (κ2) is 16.5. The monoisotopic (exact) mass is 710 g/mol. The van der Waals surface area contributed by atoms with E-state index in [0.29, 0.717) is 37.1 Å². The van der Waals surface area contributed by atoms with Crippen LogP contribution in [-0.4, -0.2) is 62.3 Å². The third-order valence-corrected chi connectivity index (χ3v) is 9.45. The number of amides is 1. The smallest absolute Gasteiger partial charge is 0.271 e. The minimum absolute atomic E-state index is 0.0309. The molecular formula is C43H42N4O6. The van der Waals surface area contributed by atoms with Gasteiger partial charge in [0.05, 0.1) is 42.1 Å². The lowest BCUT2D eigenvalue weighted by molar-refractivity contribution is -0.252. The van der Waals surface area contributed by atoms with E-state index in [1.54, 1.807) is 24.3 Å². The molecule has 4 atom stereocenters. The standard InChI is InChI=1S/C43H42N4O6/c1-47(26-40(50)34-8-5-9-35(49)21-34)25-36-22-41(31-14-12-28(27-48)13-15-31)53-43(52-36)32-18-16-30(17-19-32)33-7-4-6-29(20-33)23-45-42(51)39-24-44-37-10-2-3-11-38(37)46-39/h2-21,24,36,40-41,43,48-50H,22-23,25-27H2,1H3,(H,45,51). The first-order valence-electron chi connectivity index (χ1n) is 17.7. The summed E-state index contributed by atoms with van der Waals surface area (Å²) < 4.78 is 13.1. The zero-order chi connectivity index (χ0) is 36.7. The first kappa shape index (κ1) is 35.9. The molecule has 0 bridgehead atoms. The normalized spacial score (nSPS) is 17.8. The number of rotatable bonds is 12. The fourth-order valence-corrected chi connectivity index (χ4v) is 6.62. The van der Waals surface area contributed by atoms with Crippen molar-refractivity contribution in [2.24, 2.45) is 0 Å². The zero-order valence-electron chi connectivity index (χ0n) is 29.4. The minimum atomic E-state index is -0.772. The third kappa shape index (κ3) is 8.94. The van der Waals surface area contributed by atoms with Gasteiger partial charge in [-0.15, -0.1) is 0 Å². The zero-order valence-corrected chi connectivity index (χ0v) is 29.4. The van der Waals surface area contributed by atoms with Crippen molar-refractivity contribution in [3.63, 3.8) is 0 Å². The second-order valence-electron chi connectivity index (χ2n) is 13.4. The third-order valence-electron chi connectivity index (χ3n) is 9.45. The lowest BCUT2D eigenvalue weighted by atomic mass is 9.99. The first-order valence-corrected chi connectivity index (χ1v) is 17.7. The number of ether oxygens (including phenoxy) is 2. The van der Waals surface area contributed by atoms with E-state index in [-0.39, 0.29) is 36.2 Å². The Bertz CT molecular complexity index is 2160. The van der Waals surface area contributed by atoms with Crippen molar-refractivity contribution in [2.45, 2.75) is 44.2 Å². The van der Waals surface area contributed by atoms with E-state index in [1.807, 2.05) is 103 Å². The number of hydrogen-bond donors (Lipinski definition) is 4. The molecule has 1 saturated heterocycles. The van der Waals surface area contributed by atoms with E-state index in [1.165, 1.54) is 6.20 Å². The molecule has 1 aliphatic heterocycles. The molecule has 1 fully saturated rings. The molecule has 6 aromatic rings. The van der Waals surface area contributed by atoms with Crippen molar-refractivity contribution in [3.05, 3.63) is 161 Å². The minimum Gasteiger partial charge on any atom is -0.508 e. The number of nitrogens with zero attached hydrogens (tertiary/aromatic N) is 3. The van der Waals surface area contributed by atoms with E-state index in [0.717, 1.165) is 38.9 Å². The maximum atomic E-state index is 12.9. The molecule has 10 nitrogen and oxygen atoms in total. The van der Waals surface area contributed by atoms with Gasteiger partial charge in [-0.05, 0) is 70.8 Å². The van der Waals surface area contributed by atoms with E-state index in [9.17, 15) is 20.1 Å². The van der Waals surface area contributed by atoms with Crippen LogP contribution in [-0.2, 0) is 22.6 Å². The highest BCUT2D eigenvalue weighted by atomic mass is 16.7. The Hall–Kier alpha value is -5.49. The number of likely N-dealkylation sites (N-methyl/N-ethyl adjacent to an activating group) is 1. The maximum Gasteiger partial charge on any atom is 0.271 e. The lowest BCUT2D eigenvalue weighted by Gasteiger charge is -2.38. The van der Waals surface area contributed by atoms with Gasteiger partial charge in [-0.2, -0.15) is 0 Å². The SMILES string of the molecule is CN(CC1CC(c2ccc(CO)cc2)OC(c2ccc(-c3cccc(CNC(=O)c4cnc5ccccc5n4)c3)cc2)O1)CC(O)c1cccc(O)c1.